The van der Waals surface area contributed by atoms with E-state index in [2.05, 4.69) is 10.4 Å². The molecular weight excluding hydrogens is 317 g/mol. The number of carbonyl (C=O) groups is 1. The molecule has 1 N–H and O–H groups in total. The minimum absolute atomic E-state index is 0.165. The second-order valence-corrected chi connectivity index (χ2v) is 5.35. The van der Waals surface area contributed by atoms with E-state index in [1.807, 2.05) is 12.1 Å². The van der Waals surface area contributed by atoms with Crippen LogP contribution in [-0.4, -0.2) is 15.7 Å². The first kappa shape index (κ1) is 15.2. The number of nitrogens with zero attached hydrogens (tertiary/aromatic N) is 2. The van der Waals surface area contributed by atoms with E-state index in [0.29, 0.717) is 10.8 Å². The van der Waals surface area contributed by atoms with Crippen molar-refractivity contribution < 1.29 is 9.18 Å². The molecule has 23 heavy (non-hydrogen) atoms. The second kappa shape index (κ2) is 6.62. The van der Waals surface area contributed by atoms with Crippen LogP contribution in [0.1, 0.15) is 5.56 Å². The maximum Gasteiger partial charge on any atom is 0.228 e. The van der Waals surface area contributed by atoms with E-state index in [1.54, 1.807) is 41.2 Å². The normalized spacial score (nSPS) is 10.5. The summed E-state index contributed by atoms with van der Waals surface area (Å²) < 4.78 is 14.4. The Morgan fingerprint density at radius 3 is 2.39 bits per heavy atom. The summed E-state index contributed by atoms with van der Waals surface area (Å²) in [6.45, 7) is 0. The SMILES string of the molecule is O=C(Cc1ccc(F)cc1)Nc1ccc(-n2nccc2Cl)cc1. The number of benzene rings is 2. The van der Waals surface area contributed by atoms with Crippen LogP contribution in [0.2, 0.25) is 5.15 Å². The molecule has 3 aromatic rings. The van der Waals surface area contributed by atoms with Gasteiger partial charge in [-0.1, -0.05) is 23.7 Å². The van der Waals surface area contributed by atoms with Crippen LogP contribution >= 0.6 is 11.6 Å². The quantitative estimate of drug-likeness (QED) is 0.790. The van der Waals surface area contributed by atoms with E-state index in [0.717, 1.165) is 11.3 Å². The molecule has 0 unspecified atom stereocenters. The van der Waals surface area contributed by atoms with Crippen molar-refractivity contribution in [1.29, 1.82) is 0 Å². The summed E-state index contributed by atoms with van der Waals surface area (Å²) in [4.78, 5) is 12.0. The van der Waals surface area contributed by atoms with Crippen molar-refractivity contribution in [3.63, 3.8) is 0 Å². The van der Waals surface area contributed by atoms with Gasteiger partial charge in [-0.25, -0.2) is 9.07 Å². The van der Waals surface area contributed by atoms with E-state index < -0.39 is 0 Å². The molecule has 3 rings (SSSR count). The third kappa shape index (κ3) is 3.76. The Kier molecular flexibility index (Phi) is 4.39. The van der Waals surface area contributed by atoms with Crippen LogP contribution in [0.25, 0.3) is 5.69 Å². The van der Waals surface area contributed by atoms with E-state index in [9.17, 15) is 9.18 Å². The predicted octanol–water partition coefficient (Wildman–Crippen LogP) is 3.85. The van der Waals surface area contributed by atoms with E-state index >= 15 is 0 Å². The number of hydrogen-bond acceptors (Lipinski definition) is 2. The molecule has 0 radical (unpaired) electrons. The molecule has 0 aliphatic carbocycles. The predicted molar refractivity (Wildman–Crippen MR) is 87.3 cm³/mol. The maximum atomic E-state index is 12.8. The molecule has 0 aliphatic rings. The topological polar surface area (TPSA) is 46.9 Å². The van der Waals surface area contributed by atoms with Crippen molar-refractivity contribution in [3.05, 3.63) is 77.3 Å². The maximum absolute atomic E-state index is 12.8. The number of carbonyl (C=O) groups excluding carboxylic acids is 1. The fourth-order valence-corrected chi connectivity index (χ4v) is 2.35. The minimum Gasteiger partial charge on any atom is -0.326 e. The Hall–Kier alpha value is -2.66. The molecule has 0 saturated carbocycles. The van der Waals surface area contributed by atoms with Gasteiger partial charge < -0.3 is 5.32 Å². The molecule has 0 aliphatic heterocycles. The number of hydrogen-bond donors (Lipinski definition) is 1. The molecule has 1 amide bonds. The van der Waals surface area contributed by atoms with Gasteiger partial charge in [0, 0.05) is 5.69 Å². The lowest BCUT2D eigenvalue weighted by Crippen LogP contribution is -2.14. The first-order chi connectivity index (χ1) is 11.1. The molecular formula is C17H13ClFN3O. The van der Waals surface area contributed by atoms with Gasteiger partial charge in [-0.15, -0.1) is 0 Å². The van der Waals surface area contributed by atoms with Crippen LogP contribution in [0.4, 0.5) is 10.1 Å². The van der Waals surface area contributed by atoms with Crippen LogP contribution in [0.15, 0.2) is 60.8 Å². The van der Waals surface area contributed by atoms with Gasteiger partial charge in [0.2, 0.25) is 5.91 Å². The molecule has 1 heterocycles. The molecule has 4 nitrogen and oxygen atoms in total. The van der Waals surface area contributed by atoms with Crippen molar-refractivity contribution >= 4 is 23.2 Å². The molecule has 0 atom stereocenters. The number of nitrogens with one attached hydrogen (secondary N) is 1. The molecule has 2 aromatic carbocycles. The molecule has 116 valence electrons. The third-order valence-corrected chi connectivity index (χ3v) is 3.56. The van der Waals surface area contributed by atoms with E-state index in [1.165, 1.54) is 12.1 Å². The lowest BCUT2D eigenvalue weighted by Gasteiger charge is -2.07. The monoisotopic (exact) mass is 329 g/mol. The van der Waals surface area contributed by atoms with Crippen LogP contribution in [-0.2, 0) is 11.2 Å². The lowest BCUT2D eigenvalue weighted by atomic mass is 10.1. The first-order valence-corrected chi connectivity index (χ1v) is 7.34. The molecule has 0 fully saturated rings. The Morgan fingerprint density at radius 2 is 1.78 bits per heavy atom. The van der Waals surface area contributed by atoms with Gasteiger partial charge in [0.25, 0.3) is 0 Å². The fourth-order valence-electron chi connectivity index (χ4n) is 2.16. The highest BCUT2D eigenvalue weighted by atomic mass is 35.5. The Morgan fingerprint density at radius 1 is 1.09 bits per heavy atom. The summed E-state index contributed by atoms with van der Waals surface area (Å²) in [5.41, 5.74) is 2.23. The van der Waals surface area contributed by atoms with Gasteiger partial charge in [-0.05, 0) is 48.0 Å². The third-order valence-electron chi connectivity index (χ3n) is 3.27. The van der Waals surface area contributed by atoms with Gasteiger partial charge in [0.05, 0.1) is 18.3 Å². The van der Waals surface area contributed by atoms with Crippen molar-refractivity contribution in [2.75, 3.05) is 5.32 Å². The highest BCUT2D eigenvalue weighted by Gasteiger charge is 2.06. The second-order valence-electron chi connectivity index (χ2n) is 4.96. The van der Waals surface area contributed by atoms with Crippen LogP contribution in [0.3, 0.4) is 0 Å². The zero-order valence-electron chi connectivity index (χ0n) is 12.0. The molecule has 0 bridgehead atoms. The van der Waals surface area contributed by atoms with Gasteiger partial charge in [-0.3, -0.25) is 4.79 Å². The number of anilines is 1. The summed E-state index contributed by atoms with van der Waals surface area (Å²) in [5, 5.41) is 7.42. The minimum atomic E-state index is -0.318. The largest absolute Gasteiger partial charge is 0.326 e. The van der Waals surface area contributed by atoms with Crippen LogP contribution in [0, 0.1) is 5.82 Å². The summed E-state index contributed by atoms with van der Waals surface area (Å²) in [5.74, 6) is -0.483. The summed E-state index contributed by atoms with van der Waals surface area (Å²) in [7, 11) is 0. The van der Waals surface area contributed by atoms with Crippen LogP contribution in [0.5, 0.6) is 0 Å². The molecule has 6 heteroatoms. The highest BCUT2D eigenvalue weighted by Crippen LogP contribution is 2.17. The van der Waals surface area contributed by atoms with Gasteiger partial charge in [0.15, 0.2) is 0 Å². The number of aromatic nitrogens is 2. The zero-order valence-corrected chi connectivity index (χ0v) is 12.8. The Bertz CT molecular complexity index is 813. The first-order valence-electron chi connectivity index (χ1n) is 6.96. The zero-order chi connectivity index (χ0) is 16.2. The average Bonchev–Trinajstić information content (AvgIpc) is 2.96. The van der Waals surface area contributed by atoms with Gasteiger partial charge in [-0.2, -0.15) is 5.10 Å². The number of halogens is 2. The lowest BCUT2D eigenvalue weighted by molar-refractivity contribution is -0.115. The number of amides is 1. The number of rotatable bonds is 4. The van der Waals surface area contributed by atoms with Crippen molar-refractivity contribution in [2.24, 2.45) is 0 Å². The van der Waals surface area contributed by atoms with Crippen LogP contribution < -0.4 is 5.32 Å². The standard InChI is InChI=1S/C17H13ClFN3O/c18-16-9-10-20-22(16)15-7-5-14(6-8-15)21-17(23)11-12-1-3-13(19)4-2-12/h1-10H,11H2,(H,21,23). The Labute approximate surface area is 137 Å². The highest BCUT2D eigenvalue weighted by molar-refractivity contribution is 6.29. The average molecular weight is 330 g/mol. The van der Waals surface area contributed by atoms with E-state index in [4.69, 9.17) is 11.6 Å². The smallest absolute Gasteiger partial charge is 0.228 e. The molecule has 1 aromatic heterocycles. The van der Waals surface area contributed by atoms with E-state index in [-0.39, 0.29) is 18.1 Å². The molecule has 0 spiro atoms. The molecule has 0 saturated heterocycles. The van der Waals surface area contributed by atoms with Crippen molar-refractivity contribution in [3.8, 4) is 5.69 Å². The Balaban J connectivity index is 1.65. The van der Waals surface area contributed by atoms with Crippen molar-refractivity contribution in [1.82, 2.24) is 9.78 Å². The summed E-state index contributed by atoms with van der Waals surface area (Å²) in [6, 6.07) is 14.7. The van der Waals surface area contributed by atoms with Gasteiger partial charge in [0.1, 0.15) is 11.0 Å². The fraction of sp³-hybridized carbons (Fsp3) is 0.0588. The summed E-state index contributed by atoms with van der Waals surface area (Å²) >= 11 is 6.00. The van der Waals surface area contributed by atoms with Crippen molar-refractivity contribution in [2.45, 2.75) is 6.42 Å². The van der Waals surface area contributed by atoms with Gasteiger partial charge >= 0.3 is 0 Å². The summed E-state index contributed by atoms with van der Waals surface area (Å²) in [6.07, 6.45) is 1.80.